The Morgan fingerprint density at radius 1 is 0.295 bits per heavy atom. The highest BCUT2D eigenvalue weighted by Gasteiger charge is 2.22. The Hall–Kier alpha value is -15.0. The van der Waals surface area contributed by atoms with Crippen molar-refractivity contribution in [1.29, 1.82) is 0 Å². The summed E-state index contributed by atoms with van der Waals surface area (Å²) in [6, 6.07) is 115. The van der Waals surface area contributed by atoms with E-state index in [1.807, 2.05) is 247 Å². The number of oxazole rings is 1. The summed E-state index contributed by atoms with van der Waals surface area (Å²) in [6.07, 6.45) is 1.73. The van der Waals surface area contributed by atoms with Crippen molar-refractivity contribution in [3.63, 3.8) is 0 Å². The first kappa shape index (κ1) is 71.3. The van der Waals surface area contributed by atoms with Gasteiger partial charge in [0.1, 0.15) is 50.9 Å². The fraction of sp³-hybridized carbons (Fsp3) is 0.0208. The van der Waals surface area contributed by atoms with Crippen LogP contribution in [0.4, 0.5) is 0 Å². The molecule has 0 amide bonds. The number of benzene rings is 14. The Morgan fingerprint density at radius 3 is 1.22 bits per heavy atom. The van der Waals surface area contributed by atoms with Crippen molar-refractivity contribution in [2.45, 2.75) is 13.8 Å². The molecule has 6 aromatic heterocycles. The van der Waals surface area contributed by atoms with Crippen molar-refractivity contribution in [2.75, 3.05) is 0 Å². The highest BCUT2D eigenvalue weighted by atomic mass is 32.1. The summed E-state index contributed by atoms with van der Waals surface area (Å²) in [5.74, 6) is 3.71. The van der Waals surface area contributed by atoms with E-state index in [0.717, 1.165) is 122 Å². The van der Waals surface area contributed by atoms with Crippen LogP contribution in [0, 0.1) is 13.8 Å². The molecule has 0 unspecified atom stereocenters. The number of aromatic hydroxyl groups is 5. The average Bonchev–Trinajstić information content (AvgIpc) is 1.61. The molecule has 5 N–H and O–H groups in total. The van der Waals surface area contributed by atoms with Gasteiger partial charge >= 0.3 is 0 Å². The normalized spacial score (nSPS) is 10.9. The Labute approximate surface area is 648 Å². The van der Waals surface area contributed by atoms with Crippen LogP contribution in [0.15, 0.2) is 369 Å². The molecule has 0 saturated heterocycles. The van der Waals surface area contributed by atoms with Crippen molar-refractivity contribution in [1.82, 2.24) is 43.6 Å². The minimum Gasteiger partial charge on any atom is -0.507 e. The highest BCUT2D eigenvalue weighted by molar-refractivity contribution is 7.21. The monoisotopic (exact) mass is 1480 g/mol. The van der Waals surface area contributed by atoms with Gasteiger partial charge in [-0.25, -0.2) is 29.9 Å². The van der Waals surface area contributed by atoms with Gasteiger partial charge in [0.05, 0.1) is 77.0 Å². The van der Waals surface area contributed by atoms with Crippen molar-refractivity contribution >= 4 is 65.9 Å². The number of fused-ring (bicyclic) bond motifs is 5. The van der Waals surface area contributed by atoms with E-state index in [1.54, 1.807) is 66.1 Å². The average molecular weight is 1480 g/mol. The molecule has 0 fully saturated rings. The number of phenols is 5. The summed E-state index contributed by atoms with van der Waals surface area (Å²) in [5.41, 5.74) is 21.4. The van der Waals surface area contributed by atoms with Crippen LogP contribution in [-0.4, -0.2) is 69.1 Å². The van der Waals surface area contributed by atoms with Crippen molar-refractivity contribution < 1.29 is 29.9 Å². The molecule has 6 heterocycles. The van der Waals surface area contributed by atoms with Crippen LogP contribution in [0.25, 0.3) is 150 Å². The minimum atomic E-state index is 0.164. The molecule has 0 atom stereocenters. The number of hydrogen-bond acceptors (Lipinski definition) is 13. The third-order valence-corrected chi connectivity index (χ3v) is 20.0. The fourth-order valence-corrected chi connectivity index (χ4v) is 14.4. The van der Waals surface area contributed by atoms with Crippen LogP contribution in [0.3, 0.4) is 0 Å². The first-order chi connectivity index (χ1) is 55.0. The Morgan fingerprint density at radius 2 is 0.696 bits per heavy atom. The largest absolute Gasteiger partial charge is 0.507 e. The molecule has 14 aromatic carbocycles. The SMILES string of the molecule is Cc1ccccc1-n1c(-c2ccccc2O)nc2ccccc21.Cc1ccccc1-n1c(-c2ccccc2O)nc2ncccc21.Oc1ccccc1-c1nc2cc(-c3ccccc3)ccc2o1.Oc1ccccc1-c1nc2cc(-c3ccccc3)ccc2s1.Oc1ccccc1-c1nc2ccccc2n1-c1ccccc1. The lowest BCUT2D eigenvalue weighted by atomic mass is 10.1. The molecule has 20 aromatic rings. The summed E-state index contributed by atoms with van der Waals surface area (Å²) in [7, 11) is 0. The van der Waals surface area contributed by atoms with E-state index >= 15 is 0 Å². The van der Waals surface area contributed by atoms with Crippen LogP contribution in [0.2, 0.25) is 0 Å². The maximum Gasteiger partial charge on any atom is 0.231 e. The Bertz CT molecular complexity index is 6390. The maximum absolute atomic E-state index is 10.3. The molecular formula is C96H71N9O6S. The predicted octanol–water partition coefficient (Wildman–Crippen LogP) is 23.4. The molecule has 0 radical (unpaired) electrons. The predicted molar refractivity (Wildman–Crippen MR) is 450 cm³/mol. The molecule has 0 saturated carbocycles. The zero-order chi connectivity index (χ0) is 76.4. The van der Waals surface area contributed by atoms with Crippen LogP contribution >= 0.6 is 11.3 Å². The molecule has 0 aliphatic heterocycles. The first-order valence-corrected chi connectivity index (χ1v) is 37.1. The number of aryl methyl sites for hydroxylation is 2. The lowest BCUT2D eigenvalue weighted by Crippen LogP contribution is -2.00. The van der Waals surface area contributed by atoms with Gasteiger partial charge < -0.3 is 29.9 Å². The van der Waals surface area contributed by atoms with Crippen LogP contribution in [0.5, 0.6) is 28.7 Å². The van der Waals surface area contributed by atoms with Crippen LogP contribution in [0.1, 0.15) is 11.1 Å². The standard InChI is InChI=1S/C20H16N2O.C19H15N3O.C19H14N2O.C19H13NO2.C19H13NOS/c1-14-8-2-5-11-17(14)22-18-12-6-4-10-16(18)21-20(22)15-9-3-7-13-19(15)23;1-13-7-2-4-9-15(13)22-16-10-6-12-20-18(16)21-19(22)14-8-3-5-11-17(14)23;22-18-13-7-4-10-15(18)19-20-16-11-5-6-12-17(16)21(19)14-8-2-1-3-9-14;2*21-17-9-5-4-8-15(17)19-20-16-12-14(10-11-18(16)22-19)13-6-2-1-3-7-13/h2-13,23H,1H3;2-12,23H,1H3;1-13,22H;2*1-12,21H. The number of nitrogens with zero attached hydrogens (tertiary/aromatic N) is 9. The second kappa shape index (κ2) is 32.2. The Balaban J connectivity index is 0.000000106. The van der Waals surface area contributed by atoms with E-state index in [2.05, 4.69) is 110 Å². The van der Waals surface area contributed by atoms with E-state index in [0.29, 0.717) is 34.1 Å². The lowest BCUT2D eigenvalue weighted by Gasteiger charge is -2.12. The molecule has 542 valence electrons. The van der Waals surface area contributed by atoms with Gasteiger partial charge in [-0.3, -0.25) is 13.7 Å². The van der Waals surface area contributed by atoms with E-state index < -0.39 is 0 Å². The number of para-hydroxylation sites is 12. The molecule has 0 bridgehead atoms. The fourth-order valence-electron chi connectivity index (χ4n) is 13.5. The molecule has 0 spiro atoms. The number of rotatable bonds is 10. The lowest BCUT2D eigenvalue weighted by molar-refractivity contribution is 0.474. The minimum absolute atomic E-state index is 0.164. The van der Waals surface area contributed by atoms with Crippen LogP contribution < -0.4 is 0 Å². The van der Waals surface area contributed by atoms with Gasteiger partial charge in [-0.15, -0.1) is 11.3 Å². The van der Waals surface area contributed by atoms with Gasteiger partial charge in [0.15, 0.2) is 17.1 Å². The van der Waals surface area contributed by atoms with Crippen LogP contribution in [-0.2, 0) is 0 Å². The third kappa shape index (κ3) is 14.9. The van der Waals surface area contributed by atoms with Crippen molar-refractivity contribution in [2.24, 2.45) is 0 Å². The second-order valence-electron chi connectivity index (χ2n) is 26.3. The molecular weight excluding hydrogens is 1410 g/mol. The van der Waals surface area contributed by atoms with Gasteiger partial charge in [-0.05, 0) is 193 Å². The van der Waals surface area contributed by atoms with E-state index in [4.69, 9.17) is 14.4 Å². The van der Waals surface area contributed by atoms with E-state index in [9.17, 15) is 25.5 Å². The van der Waals surface area contributed by atoms with Gasteiger partial charge in [0.2, 0.25) is 5.89 Å². The third-order valence-electron chi connectivity index (χ3n) is 19.0. The number of thiazole rings is 1. The summed E-state index contributed by atoms with van der Waals surface area (Å²) < 4.78 is 13.1. The molecule has 20 rings (SSSR count). The number of phenolic OH excluding ortho intramolecular Hbond substituents is 5. The molecule has 0 aliphatic carbocycles. The first-order valence-electron chi connectivity index (χ1n) is 36.3. The van der Waals surface area contributed by atoms with Crippen molar-refractivity contribution in [3.05, 3.63) is 375 Å². The summed E-state index contributed by atoms with van der Waals surface area (Å²) in [4.78, 5) is 27.7. The summed E-state index contributed by atoms with van der Waals surface area (Å²) >= 11 is 1.60. The maximum atomic E-state index is 10.3. The zero-order valence-corrected chi connectivity index (χ0v) is 61.5. The van der Waals surface area contributed by atoms with E-state index in [-0.39, 0.29) is 28.7 Å². The van der Waals surface area contributed by atoms with Gasteiger partial charge in [-0.1, -0.05) is 212 Å². The van der Waals surface area contributed by atoms with E-state index in [1.165, 1.54) is 5.56 Å². The summed E-state index contributed by atoms with van der Waals surface area (Å²) in [5, 5.41) is 51.5. The smallest absolute Gasteiger partial charge is 0.231 e. The zero-order valence-electron chi connectivity index (χ0n) is 60.7. The number of hydrogen-bond donors (Lipinski definition) is 5. The molecule has 15 nitrogen and oxygen atoms in total. The molecule has 0 aliphatic rings. The number of pyridine rings is 1. The quantitative estimate of drug-likeness (QED) is 0.0867. The molecule has 112 heavy (non-hydrogen) atoms. The van der Waals surface area contributed by atoms with Crippen molar-refractivity contribution in [3.8, 4) is 124 Å². The topological polar surface area (TPSA) is 206 Å². The number of aromatic nitrogens is 9. The molecule has 16 heteroatoms. The van der Waals surface area contributed by atoms with Gasteiger partial charge in [-0.2, -0.15) is 0 Å². The second-order valence-corrected chi connectivity index (χ2v) is 27.3. The summed E-state index contributed by atoms with van der Waals surface area (Å²) in [6.45, 7) is 4.14. The number of imidazole rings is 3. The van der Waals surface area contributed by atoms with Gasteiger partial charge in [0.25, 0.3) is 0 Å². The Kier molecular flexibility index (Phi) is 20.5. The highest BCUT2D eigenvalue weighted by Crippen LogP contribution is 2.41. The van der Waals surface area contributed by atoms with Gasteiger partial charge in [0, 0.05) is 11.9 Å².